The molecule has 2 fully saturated rings. The van der Waals surface area contributed by atoms with E-state index in [2.05, 4.69) is 29.4 Å². The second kappa shape index (κ2) is 6.36. The number of hydrogen-bond acceptors (Lipinski definition) is 4. The molecule has 2 saturated heterocycles. The maximum Gasteiger partial charge on any atom is 0.324 e. The summed E-state index contributed by atoms with van der Waals surface area (Å²) in [5, 5.41) is 5.98. The van der Waals surface area contributed by atoms with Gasteiger partial charge in [0.1, 0.15) is 0 Å². The van der Waals surface area contributed by atoms with Crippen molar-refractivity contribution in [3.8, 4) is 0 Å². The molecule has 0 bridgehead atoms. The number of amides is 3. The smallest absolute Gasteiger partial charge is 0.324 e. The Kier molecular flexibility index (Phi) is 5.37. The number of nitrogens with one attached hydrogen (secondary N) is 2. The largest absolute Gasteiger partial charge is 0.329 e. The minimum Gasteiger partial charge on any atom is -0.329 e. The fraction of sp³-hybridized carbons (Fsp3) is 0.818. The highest BCUT2D eigenvalue weighted by Gasteiger charge is 2.29. The van der Waals surface area contributed by atoms with Gasteiger partial charge < -0.3 is 10.6 Å². The average Bonchev–Trinajstić information content (AvgIpc) is 2.55. The van der Waals surface area contributed by atoms with Gasteiger partial charge in [0.15, 0.2) is 0 Å². The van der Waals surface area contributed by atoms with Crippen LogP contribution in [-0.4, -0.2) is 66.5 Å². The van der Waals surface area contributed by atoms with Gasteiger partial charge in [-0.1, -0.05) is 0 Å². The summed E-state index contributed by atoms with van der Waals surface area (Å²) >= 11 is 0. The van der Waals surface area contributed by atoms with E-state index >= 15 is 0 Å². The first kappa shape index (κ1) is 15.2. The first-order chi connectivity index (χ1) is 8.06. The number of hydrogen-bond donors (Lipinski definition) is 2. The molecule has 0 aromatic rings. The van der Waals surface area contributed by atoms with E-state index in [0.717, 1.165) is 19.6 Å². The number of carbonyl (C=O) groups is 2. The second-order valence-electron chi connectivity index (χ2n) is 4.93. The zero-order valence-electron chi connectivity index (χ0n) is 10.8. The fourth-order valence-electron chi connectivity index (χ4n) is 2.55. The molecule has 2 rings (SSSR count). The first-order valence-corrected chi connectivity index (χ1v) is 6.13. The molecular weight excluding hydrogens is 256 g/mol. The van der Waals surface area contributed by atoms with Gasteiger partial charge in [-0.05, 0) is 13.8 Å². The number of carbonyl (C=O) groups excluding carboxylic acids is 2. The fourth-order valence-corrected chi connectivity index (χ4v) is 2.55. The third kappa shape index (κ3) is 3.57. The Hall–Kier alpha value is -0.850. The highest BCUT2D eigenvalue weighted by atomic mass is 35.5. The van der Waals surface area contributed by atoms with Crippen LogP contribution in [-0.2, 0) is 4.79 Å². The third-order valence-corrected chi connectivity index (χ3v) is 3.21. The highest BCUT2D eigenvalue weighted by molar-refractivity contribution is 6.01. The molecule has 6 nitrogen and oxygen atoms in total. The van der Waals surface area contributed by atoms with Crippen LogP contribution in [0, 0.1) is 0 Å². The first-order valence-electron chi connectivity index (χ1n) is 6.13. The molecular formula is C11H21ClN4O2. The molecule has 3 amide bonds. The summed E-state index contributed by atoms with van der Waals surface area (Å²) < 4.78 is 0. The maximum atomic E-state index is 11.4. The quantitative estimate of drug-likeness (QED) is 0.691. The standard InChI is InChI=1S/C11H20N4O2.ClH/c1-8-6-14(7-9(2)13-8)3-4-15-10(16)5-12-11(15)17;/h8-9,13H,3-7H2,1-2H3,(H,12,17);1H. The Balaban J connectivity index is 0.00000162. The van der Waals surface area contributed by atoms with Crippen LogP contribution in [0.3, 0.4) is 0 Å². The zero-order valence-corrected chi connectivity index (χ0v) is 11.6. The molecule has 0 aliphatic carbocycles. The van der Waals surface area contributed by atoms with Crippen molar-refractivity contribution in [2.75, 3.05) is 32.7 Å². The third-order valence-electron chi connectivity index (χ3n) is 3.21. The van der Waals surface area contributed by atoms with Crippen molar-refractivity contribution < 1.29 is 9.59 Å². The van der Waals surface area contributed by atoms with Gasteiger partial charge in [0.2, 0.25) is 5.91 Å². The van der Waals surface area contributed by atoms with E-state index in [4.69, 9.17) is 0 Å². The molecule has 0 spiro atoms. The van der Waals surface area contributed by atoms with Crippen LogP contribution in [0.2, 0.25) is 0 Å². The summed E-state index contributed by atoms with van der Waals surface area (Å²) in [6.45, 7) is 7.63. The minimum absolute atomic E-state index is 0. The average molecular weight is 277 g/mol. The number of urea groups is 1. The molecule has 0 aromatic heterocycles. The van der Waals surface area contributed by atoms with Crippen LogP contribution in [0.15, 0.2) is 0 Å². The predicted octanol–water partition coefficient (Wildman–Crippen LogP) is -0.358. The van der Waals surface area contributed by atoms with Crippen LogP contribution in [0.4, 0.5) is 4.79 Å². The van der Waals surface area contributed by atoms with Gasteiger partial charge in [0, 0.05) is 38.3 Å². The normalized spacial score (nSPS) is 29.1. The molecule has 2 unspecified atom stereocenters. The van der Waals surface area contributed by atoms with Crippen molar-refractivity contribution in [3.05, 3.63) is 0 Å². The molecule has 2 heterocycles. The maximum absolute atomic E-state index is 11.4. The van der Waals surface area contributed by atoms with E-state index in [9.17, 15) is 9.59 Å². The molecule has 0 saturated carbocycles. The summed E-state index contributed by atoms with van der Waals surface area (Å²) in [5.41, 5.74) is 0. The number of rotatable bonds is 3. The van der Waals surface area contributed by atoms with E-state index in [-0.39, 0.29) is 30.9 Å². The van der Waals surface area contributed by atoms with Gasteiger partial charge >= 0.3 is 6.03 Å². The summed E-state index contributed by atoms with van der Waals surface area (Å²) in [4.78, 5) is 26.3. The van der Waals surface area contributed by atoms with Crippen molar-refractivity contribution in [2.45, 2.75) is 25.9 Å². The Bertz CT molecular complexity index is 300. The van der Waals surface area contributed by atoms with Crippen molar-refractivity contribution >= 4 is 24.3 Å². The lowest BCUT2D eigenvalue weighted by Crippen LogP contribution is -2.55. The van der Waals surface area contributed by atoms with Gasteiger partial charge in [0.05, 0.1) is 6.54 Å². The predicted molar refractivity (Wildman–Crippen MR) is 70.9 cm³/mol. The molecule has 7 heteroatoms. The molecule has 2 N–H and O–H groups in total. The van der Waals surface area contributed by atoms with Crippen molar-refractivity contribution in [2.24, 2.45) is 0 Å². The van der Waals surface area contributed by atoms with Crippen molar-refractivity contribution in [1.29, 1.82) is 0 Å². The monoisotopic (exact) mass is 276 g/mol. The summed E-state index contributed by atoms with van der Waals surface area (Å²) in [5.74, 6) is -0.119. The topological polar surface area (TPSA) is 64.7 Å². The molecule has 0 aromatic carbocycles. The molecule has 104 valence electrons. The Labute approximate surface area is 113 Å². The Morgan fingerprint density at radius 1 is 1.17 bits per heavy atom. The van der Waals surface area contributed by atoms with E-state index in [1.807, 2.05) is 0 Å². The summed E-state index contributed by atoms with van der Waals surface area (Å²) in [6.07, 6.45) is 0. The lowest BCUT2D eigenvalue weighted by molar-refractivity contribution is -0.125. The highest BCUT2D eigenvalue weighted by Crippen LogP contribution is 2.05. The van der Waals surface area contributed by atoms with Gasteiger partial charge in [-0.15, -0.1) is 12.4 Å². The number of imide groups is 1. The van der Waals surface area contributed by atoms with Gasteiger partial charge in [0.25, 0.3) is 0 Å². The van der Waals surface area contributed by atoms with E-state index in [0.29, 0.717) is 18.6 Å². The van der Waals surface area contributed by atoms with Gasteiger partial charge in [-0.2, -0.15) is 0 Å². The summed E-state index contributed by atoms with van der Waals surface area (Å²) in [7, 11) is 0. The Morgan fingerprint density at radius 3 is 2.28 bits per heavy atom. The number of piperazine rings is 1. The van der Waals surface area contributed by atoms with E-state index in [1.165, 1.54) is 4.90 Å². The number of halogens is 1. The van der Waals surface area contributed by atoms with Crippen molar-refractivity contribution in [3.63, 3.8) is 0 Å². The van der Waals surface area contributed by atoms with Crippen LogP contribution in [0.25, 0.3) is 0 Å². The van der Waals surface area contributed by atoms with E-state index < -0.39 is 0 Å². The molecule has 2 aliphatic heterocycles. The van der Waals surface area contributed by atoms with Gasteiger partial charge in [-0.3, -0.25) is 14.6 Å². The number of nitrogens with zero attached hydrogens (tertiary/aromatic N) is 2. The van der Waals surface area contributed by atoms with Crippen LogP contribution >= 0.6 is 12.4 Å². The van der Waals surface area contributed by atoms with Crippen LogP contribution < -0.4 is 10.6 Å². The minimum atomic E-state index is -0.258. The molecule has 2 aliphatic rings. The second-order valence-corrected chi connectivity index (χ2v) is 4.93. The molecule has 18 heavy (non-hydrogen) atoms. The van der Waals surface area contributed by atoms with Gasteiger partial charge in [-0.25, -0.2) is 4.79 Å². The van der Waals surface area contributed by atoms with Crippen LogP contribution in [0.1, 0.15) is 13.8 Å². The SMILES string of the molecule is CC1CN(CCN2C(=O)CNC2=O)CC(C)N1.Cl. The Morgan fingerprint density at radius 2 is 1.78 bits per heavy atom. The van der Waals surface area contributed by atoms with Crippen LogP contribution in [0.5, 0.6) is 0 Å². The molecule has 2 atom stereocenters. The summed E-state index contributed by atoms with van der Waals surface area (Å²) in [6, 6.07) is 0.662. The van der Waals surface area contributed by atoms with E-state index in [1.54, 1.807) is 0 Å². The molecule has 0 radical (unpaired) electrons. The van der Waals surface area contributed by atoms with Crippen molar-refractivity contribution in [1.82, 2.24) is 20.4 Å². The lowest BCUT2D eigenvalue weighted by atomic mass is 10.1. The lowest BCUT2D eigenvalue weighted by Gasteiger charge is -2.36. The zero-order chi connectivity index (χ0) is 12.4.